The predicted molar refractivity (Wildman–Crippen MR) is 83.2 cm³/mol. The minimum atomic E-state index is 0.0348. The molecule has 0 atom stereocenters. The van der Waals surface area contributed by atoms with Crippen LogP contribution in [-0.2, 0) is 12.8 Å². The van der Waals surface area contributed by atoms with Gasteiger partial charge in [0.25, 0.3) is 0 Å². The van der Waals surface area contributed by atoms with Crippen LogP contribution in [0.1, 0.15) is 62.5 Å². The summed E-state index contributed by atoms with van der Waals surface area (Å²) in [5, 5.41) is 0. The number of nitrogens with two attached hydrogens (primary N) is 1. The zero-order valence-corrected chi connectivity index (χ0v) is 12.5. The van der Waals surface area contributed by atoms with Crippen molar-refractivity contribution in [2.75, 3.05) is 6.61 Å². The van der Waals surface area contributed by atoms with E-state index in [4.69, 9.17) is 10.5 Å². The van der Waals surface area contributed by atoms with Crippen LogP contribution in [0.2, 0.25) is 0 Å². The van der Waals surface area contributed by atoms with E-state index in [0.29, 0.717) is 0 Å². The summed E-state index contributed by atoms with van der Waals surface area (Å²) < 4.78 is 6.09. The molecule has 0 bridgehead atoms. The van der Waals surface area contributed by atoms with Gasteiger partial charge in [0.1, 0.15) is 5.75 Å². The van der Waals surface area contributed by atoms with Crippen LogP contribution in [0.15, 0.2) is 18.2 Å². The van der Waals surface area contributed by atoms with E-state index in [1.165, 1.54) is 68.9 Å². The van der Waals surface area contributed by atoms with Crippen LogP contribution in [0.4, 0.5) is 0 Å². The van der Waals surface area contributed by atoms with Gasteiger partial charge in [0.15, 0.2) is 0 Å². The summed E-state index contributed by atoms with van der Waals surface area (Å²) in [6, 6.07) is 6.53. The van der Waals surface area contributed by atoms with Gasteiger partial charge in [-0.3, -0.25) is 0 Å². The first-order chi connectivity index (χ1) is 9.77. The van der Waals surface area contributed by atoms with Crippen LogP contribution >= 0.6 is 0 Å². The topological polar surface area (TPSA) is 35.2 Å². The second-order valence-corrected chi connectivity index (χ2v) is 6.62. The average molecular weight is 273 g/mol. The van der Waals surface area contributed by atoms with E-state index in [1.54, 1.807) is 0 Å². The number of hydrogen-bond donors (Lipinski definition) is 1. The molecule has 0 heterocycles. The molecule has 2 aliphatic rings. The minimum Gasteiger partial charge on any atom is -0.493 e. The van der Waals surface area contributed by atoms with E-state index < -0.39 is 0 Å². The molecule has 0 radical (unpaired) electrons. The predicted octanol–water partition coefficient (Wildman–Crippen LogP) is 4.00. The Hall–Kier alpha value is -1.02. The smallest absolute Gasteiger partial charge is 0.122 e. The fourth-order valence-electron chi connectivity index (χ4n) is 3.75. The number of benzene rings is 1. The summed E-state index contributed by atoms with van der Waals surface area (Å²) in [5.74, 6) is 1.11. The Morgan fingerprint density at radius 3 is 2.65 bits per heavy atom. The normalized spacial score (nSPS) is 21.2. The van der Waals surface area contributed by atoms with Gasteiger partial charge < -0.3 is 10.5 Å². The largest absolute Gasteiger partial charge is 0.493 e. The number of aryl methyl sites for hydroxylation is 1. The summed E-state index contributed by atoms with van der Waals surface area (Å²) in [6.45, 7) is 0.771. The maximum Gasteiger partial charge on any atom is 0.122 e. The van der Waals surface area contributed by atoms with Gasteiger partial charge in [-0.05, 0) is 62.1 Å². The lowest BCUT2D eigenvalue weighted by Gasteiger charge is -2.33. The molecule has 0 amide bonds. The third-order valence-electron chi connectivity index (χ3n) is 5.06. The van der Waals surface area contributed by atoms with Crippen molar-refractivity contribution in [1.82, 2.24) is 0 Å². The highest BCUT2D eigenvalue weighted by Gasteiger charge is 2.27. The quantitative estimate of drug-likeness (QED) is 0.900. The fraction of sp³-hybridized carbons (Fsp3) is 0.667. The van der Waals surface area contributed by atoms with Crippen molar-refractivity contribution >= 4 is 0 Å². The first-order valence-corrected chi connectivity index (χ1v) is 8.29. The molecule has 0 unspecified atom stereocenters. The van der Waals surface area contributed by atoms with Crippen LogP contribution < -0.4 is 10.5 Å². The first-order valence-electron chi connectivity index (χ1n) is 8.29. The Labute approximate surface area is 122 Å². The molecule has 1 aromatic carbocycles. The molecular weight excluding hydrogens is 246 g/mol. The average Bonchev–Trinajstić information content (AvgIpc) is 2.48. The van der Waals surface area contributed by atoms with E-state index in [9.17, 15) is 0 Å². The maximum atomic E-state index is 6.48. The van der Waals surface area contributed by atoms with Gasteiger partial charge in [-0.25, -0.2) is 0 Å². The number of ether oxygens (including phenoxy) is 1. The van der Waals surface area contributed by atoms with Crippen molar-refractivity contribution in [3.8, 4) is 5.75 Å². The van der Waals surface area contributed by atoms with Crippen LogP contribution in [0, 0.1) is 0 Å². The van der Waals surface area contributed by atoms with Gasteiger partial charge in [0.2, 0.25) is 0 Å². The maximum absolute atomic E-state index is 6.48. The van der Waals surface area contributed by atoms with Crippen LogP contribution in [-0.4, -0.2) is 12.1 Å². The number of hydrogen-bond acceptors (Lipinski definition) is 2. The second kappa shape index (κ2) is 6.17. The highest BCUT2D eigenvalue weighted by atomic mass is 16.5. The van der Waals surface area contributed by atoms with Gasteiger partial charge >= 0.3 is 0 Å². The van der Waals surface area contributed by atoms with E-state index in [-0.39, 0.29) is 5.54 Å². The van der Waals surface area contributed by atoms with Crippen LogP contribution in [0.3, 0.4) is 0 Å². The van der Waals surface area contributed by atoms with Crippen molar-refractivity contribution in [2.45, 2.75) is 69.7 Å². The minimum absolute atomic E-state index is 0.0348. The Balaban J connectivity index is 1.58. The molecule has 0 saturated heterocycles. The third kappa shape index (κ3) is 3.17. The molecule has 0 spiro atoms. The lowest BCUT2D eigenvalue weighted by atomic mass is 9.80. The van der Waals surface area contributed by atoms with Crippen molar-refractivity contribution in [2.24, 2.45) is 5.73 Å². The summed E-state index contributed by atoms with van der Waals surface area (Å²) in [5.41, 5.74) is 9.46. The zero-order valence-electron chi connectivity index (χ0n) is 12.5. The monoisotopic (exact) mass is 273 g/mol. The summed E-state index contributed by atoms with van der Waals surface area (Å²) in [7, 11) is 0. The van der Waals surface area contributed by atoms with E-state index >= 15 is 0 Å². The van der Waals surface area contributed by atoms with Crippen molar-refractivity contribution in [3.63, 3.8) is 0 Å². The summed E-state index contributed by atoms with van der Waals surface area (Å²) in [6.07, 6.45) is 12.3. The Kier molecular flexibility index (Phi) is 4.30. The molecule has 1 saturated carbocycles. The second-order valence-electron chi connectivity index (χ2n) is 6.62. The molecule has 2 nitrogen and oxygen atoms in total. The lowest BCUT2D eigenvalue weighted by Crippen LogP contribution is -2.42. The van der Waals surface area contributed by atoms with Crippen molar-refractivity contribution in [3.05, 3.63) is 29.3 Å². The molecule has 110 valence electrons. The zero-order chi connectivity index (χ0) is 13.8. The van der Waals surface area contributed by atoms with Gasteiger partial charge in [-0.1, -0.05) is 31.4 Å². The third-order valence-corrected chi connectivity index (χ3v) is 5.06. The molecule has 1 aromatic rings. The summed E-state index contributed by atoms with van der Waals surface area (Å²) >= 11 is 0. The molecule has 0 aliphatic heterocycles. The standard InChI is InChI=1S/C18H27NO/c19-18(11-4-1-5-12-18)13-14-20-17-10-6-8-15-7-2-3-9-16(15)17/h6,8,10H,1-5,7,9,11-14,19H2. The number of fused-ring (bicyclic) bond motifs is 1. The van der Waals surface area contributed by atoms with E-state index in [1.807, 2.05) is 0 Å². The lowest BCUT2D eigenvalue weighted by molar-refractivity contribution is 0.213. The Bertz CT molecular complexity index is 449. The van der Waals surface area contributed by atoms with Gasteiger partial charge in [0.05, 0.1) is 6.61 Å². The first kappa shape index (κ1) is 13.9. The molecule has 1 fully saturated rings. The van der Waals surface area contributed by atoms with Crippen molar-refractivity contribution in [1.29, 1.82) is 0 Å². The summed E-state index contributed by atoms with van der Waals surface area (Å²) in [4.78, 5) is 0. The molecule has 2 N–H and O–H groups in total. The SMILES string of the molecule is NC1(CCOc2cccc3c2CCCC3)CCCCC1. The van der Waals surface area contributed by atoms with Crippen molar-refractivity contribution < 1.29 is 4.74 Å². The highest BCUT2D eigenvalue weighted by Crippen LogP contribution is 2.31. The molecule has 3 rings (SSSR count). The molecular formula is C18H27NO. The van der Waals surface area contributed by atoms with Gasteiger partial charge in [-0.2, -0.15) is 0 Å². The van der Waals surface area contributed by atoms with E-state index in [2.05, 4.69) is 18.2 Å². The molecule has 20 heavy (non-hydrogen) atoms. The number of rotatable bonds is 4. The highest BCUT2D eigenvalue weighted by molar-refractivity contribution is 5.41. The molecule has 0 aromatic heterocycles. The Morgan fingerprint density at radius 2 is 1.80 bits per heavy atom. The Morgan fingerprint density at radius 1 is 1.00 bits per heavy atom. The van der Waals surface area contributed by atoms with E-state index in [0.717, 1.165) is 18.8 Å². The van der Waals surface area contributed by atoms with Gasteiger partial charge in [-0.15, -0.1) is 0 Å². The van der Waals surface area contributed by atoms with Gasteiger partial charge in [0, 0.05) is 5.54 Å². The fourth-order valence-corrected chi connectivity index (χ4v) is 3.75. The molecule has 2 heteroatoms. The molecule has 2 aliphatic carbocycles. The van der Waals surface area contributed by atoms with Crippen LogP contribution in [0.25, 0.3) is 0 Å². The van der Waals surface area contributed by atoms with Crippen LogP contribution in [0.5, 0.6) is 5.75 Å².